The van der Waals surface area contributed by atoms with Gasteiger partial charge in [-0.25, -0.2) is 8.78 Å². The molecule has 0 saturated carbocycles. The largest absolute Gasteiger partial charge is 0.365 e. The summed E-state index contributed by atoms with van der Waals surface area (Å²) in [7, 11) is 0. The average Bonchev–Trinajstić information content (AvgIpc) is 1.59. The highest BCUT2D eigenvalue weighted by Crippen LogP contribution is 2.21. The SMILES string of the molecule is FC(F)C=C[Si](Cl)(Cl)Cl. The highest BCUT2D eigenvalue weighted by atomic mass is 35.8. The first kappa shape index (κ1) is 9.69. The van der Waals surface area contributed by atoms with Crippen molar-refractivity contribution in [3.8, 4) is 0 Å². The Hall–Kier alpha value is 0.687. The Bertz CT molecular complexity index is 108. The number of allylic oxidation sites excluding steroid dienone is 1. The second-order valence-electron chi connectivity index (χ2n) is 1.24. The summed E-state index contributed by atoms with van der Waals surface area (Å²) in [6.45, 7) is 0. The molecular formula is C3H3Cl3F2Si. The molecule has 0 rings (SSSR count). The fourth-order valence-corrected chi connectivity index (χ4v) is 1.20. The van der Waals surface area contributed by atoms with E-state index in [0.29, 0.717) is 6.08 Å². The molecule has 0 aromatic carbocycles. The summed E-state index contributed by atoms with van der Waals surface area (Å²) in [6, 6.07) is -2.96. The topological polar surface area (TPSA) is 0 Å². The molecule has 6 heteroatoms. The van der Waals surface area contributed by atoms with Crippen LogP contribution in [-0.4, -0.2) is 12.4 Å². The lowest BCUT2D eigenvalue weighted by molar-refractivity contribution is 0.204. The summed E-state index contributed by atoms with van der Waals surface area (Å²) in [5.74, 6) is 0. The first-order chi connectivity index (χ1) is 3.92. The van der Waals surface area contributed by atoms with Crippen molar-refractivity contribution in [2.24, 2.45) is 0 Å². The summed E-state index contributed by atoms with van der Waals surface area (Å²) in [4.78, 5) is 0. The zero-order valence-electron chi connectivity index (χ0n) is 4.12. The van der Waals surface area contributed by atoms with Gasteiger partial charge in [0.05, 0.1) is 0 Å². The maximum Gasteiger partial charge on any atom is 0.365 e. The monoisotopic (exact) mass is 210 g/mol. The lowest BCUT2D eigenvalue weighted by Crippen LogP contribution is -2.04. The predicted molar refractivity (Wildman–Crippen MR) is 38.5 cm³/mol. The van der Waals surface area contributed by atoms with E-state index in [1.165, 1.54) is 0 Å². The second-order valence-corrected chi connectivity index (χ2v) is 9.76. The molecule has 0 saturated heterocycles. The first-order valence-corrected chi connectivity index (χ1v) is 7.07. The fraction of sp³-hybridized carbons (Fsp3) is 0.333. The van der Waals surface area contributed by atoms with E-state index in [4.69, 9.17) is 33.2 Å². The Balaban J connectivity index is 3.71. The molecule has 0 aromatic rings. The summed E-state index contributed by atoms with van der Waals surface area (Å²) in [6.07, 6.45) is -1.95. The van der Waals surface area contributed by atoms with Gasteiger partial charge in [-0.2, -0.15) is 0 Å². The van der Waals surface area contributed by atoms with Crippen LogP contribution in [0, 0.1) is 0 Å². The number of rotatable bonds is 2. The van der Waals surface area contributed by atoms with Crippen molar-refractivity contribution < 1.29 is 8.78 Å². The quantitative estimate of drug-likeness (QED) is 0.487. The third kappa shape index (κ3) is 8.69. The van der Waals surface area contributed by atoms with Crippen LogP contribution in [0.4, 0.5) is 8.78 Å². The van der Waals surface area contributed by atoms with Crippen molar-refractivity contribution in [3.63, 3.8) is 0 Å². The van der Waals surface area contributed by atoms with E-state index in [1.807, 2.05) is 0 Å². The van der Waals surface area contributed by atoms with Gasteiger partial charge in [-0.15, -0.1) is 33.2 Å². The number of halogens is 5. The van der Waals surface area contributed by atoms with Crippen LogP contribution < -0.4 is 0 Å². The van der Waals surface area contributed by atoms with E-state index in [-0.39, 0.29) is 0 Å². The molecule has 0 aliphatic heterocycles. The highest BCUT2D eigenvalue weighted by Gasteiger charge is 2.20. The maximum atomic E-state index is 11.3. The van der Waals surface area contributed by atoms with Gasteiger partial charge >= 0.3 is 6.00 Å². The van der Waals surface area contributed by atoms with Crippen molar-refractivity contribution in [1.29, 1.82) is 0 Å². The molecule has 0 nitrogen and oxygen atoms in total. The minimum absolute atomic E-state index is 0.583. The van der Waals surface area contributed by atoms with Crippen LogP contribution in [0.2, 0.25) is 0 Å². The van der Waals surface area contributed by atoms with Gasteiger partial charge in [-0.1, -0.05) is 5.70 Å². The summed E-state index contributed by atoms with van der Waals surface area (Å²) >= 11 is 15.7. The molecule has 0 spiro atoms. The van der Waals surface area contributed by atoms with Crippen LogP contribution in [0.5, 0.6) is 0 Å². The van der Waals surface area contributed by atoms with Crippen LogP contribution in [-0.2, 0) is 0 Å². The Morgan fingerprint density at radius 2 is 1.67 bits per heavy atom. The minimum atomic E-state index is -2.96. The van der Waals surface area contributed by atoms with E-state index < -0.39 is 12.4 Å². The zero-order valence-corrected chi connectivity index (χ0v) is 7.39. The molecule has 0 aliphatic rings. The molecule has 0 atom stereocenters. The molecule has 9 heavy (non-hydrogen) atoms. The molecule has 54 valence electrons. The molecule has 0 unspecified atom stereocenters. The van der Waals surface area contributed by atoms with Crippen LogP contribution >= 0.6 is 33.2 Å². The molecule has 0 N–H and O–H groups in total. The molecule has 0 aromatic heterocycles. The molecule has 0 amide bonds. The van der Waals surface area contributed by atoms with Gasteiger partial charge in [-0.05, 0) is 6.08 Å². The van der Waals surface area contributed by atoms with Gasteiger partial charge in [0.2, 0.25) is 0 Å². The maximum absolute atomic E-state index is 11.3. The van der Waals surface area contributed by atoms with E-state index in [9.17, 15) is 8.78 Å². The predicted octanol–water partition coefficient (Wildman–Crippen LogP) is 3.00. The molecule has 0 heterocycles. The van der Waals surface area contributed by atoms with Gasteiger partial charge in [0.15, 0.2) is 0 Å². The third-order valence-corrected chi connectivity index (χ3v) is 2.13. The molecular weight excluding hydrogens is 208 g/mol. The Labute approximate surface area is 66.5 Å². The van der Waals surface area contributed by atoms with Gasteiger partial charge in [-0.3, -0.25) is 0 Å². The number of hydrogen-bond donors (Lipinski definition) is 0. The van der Waals surface area contributed by atoms with Crippen molar-refractivity contribution in [2.45, 2.75) is 6.43 Å². The van der Waals surface area contributed by atoms with Crippen molar-refractivity contribution in [1.82, 2.24) is 0 Å². The lowest BCUT2D eigenvalue weighted by atomic mass is 10.7. The van der Waals surface area contributed by atoms with Crippen LogP contribution in [0.25, 0.3) is 0 Å². The van der Waals surface area contributed by atoms with E-state index in [0.717, 1.165) is 5.70 Å². The highest BCUT2D eigenvalue weighted by molar-refractivity contribution is 7.66. The van der Waals surface area contributed by atoms with Crippen LogP contribution in [0.3, 0.4) is 0 Å². The second kappa shape index (κ2) is 3.76. The van der Waals surface area contributed by atoms with Crippen LogP contribution in [0.1, 0.15) is 0 Å². The molecule has 0 radical (unpaired) electrons. The lowest BCUT2D eigenvalue weighted by Gasteiger charge is -1.96. The summed E-state index contributed by atoms with van der Waals surface area (Å²) in [5.41, 5.74) is 0.947. The first-order valence-electron chi connectivity index (χ1n) is 1.96. The minimum Gasteiger partial charge on any atom is -0.206 e. The number of alkyl halides is 2. The smallest absolute Gasteiger partial charge is 0.206 e. The van der Waals surface area contributed by atoms with Crippen LogP contribution in [0.15, 0.2) is 11.8 Å². The molecule has 0 aliphatic carbocycles. The molecule has 0 fully saturated rings. The molecule has 0 bridgehead atoms. The van der Waals surface area contributed by atoms with Crippen molar-refractivity contribution in [2.75, 3.05) is 0 Å². The average molecular weight is 211 g/mol. The standard InChI is InChI=1S/C3H3Cl3F2Si/c4-9(5,6)2-1-3(7)8/h1-3H. The van der Waals surface area contributed by atoms with Crippen molar-refractivity contribution >= 4 is 39.2 Å². The number of hydrogen-bond acceptors (Lipinski definition) is 0. The normalized spacial score (nSPS) is 13.6. The van der Waals surface area contributed by atoms with Gasteiger partial charge in [0, 0.05) is 0 Å². The van der Waals surface area contributed by atoms with E-state index >= 15 is 0 Å². The van der Waals surface area contributed by atoms with Gasteiger partial charge in [0.25, 0.3) is 6.43 Å². The fourth-order valence-electron chi connectivity index (χ4n) is 0.182. The van der Waals surface area contributed by atoms with Gasteiger partial charge in [0.1, 0.15) is 0 Å². The summed E-state index contributed by atoms with van der Waals surface area (Å²) in [5, 5.41) is 0. The Morgan fingerprint density at radius 1 is 1.22 bits per heavy atom. The van der Waals surface area contributed by atoms with E-state index in [1.54, 1.807) is 0 Å². The Kier molecular flexibility index (Phi) is 4.04. The third-order valence-electron chi connectivity index (χ3n) is 0.431. The Morgan fingerprint density at radius 3 is 1.78 bits per heavy atom. The van der Waals surface area contributed by atoms with E-state index in [2.05, 4.69) is 0 Å². The van der Waals surface area contributed by atoms with Gasteiger partial charge < -0.3 is 0 Å². The zero-order chi connectivity index (χ0) is 7.49. The van der Waals surface area contributed by atoms with Crippen molar-refractivity contribution in [3.05, 3.63) is 11.8 Å². The summed E-state index contributed by atoms with van der Waals surface area (Å²) < 4.78 is 22.6.